The number of carbonyl (C=O) groups is 2. The van der Waals surface area contributed by atoms with Crippen molar-refractivity contribution in [2.45, 2.75) is 57.8 Å². The summed E-state index contributed by atoms with van der Waals surface area (Å²) in [4.78, 5) is 22.8. The Kier molecular flexibility index (Phi) is 7.05. The van der Waals surface area contributed by atoms with E-state index in [2.05, 4.69) is 24.4 Å². The molecule has 0 aromatic carbocycles. The standard InChI is InChI=1S/C16H26O4Si/c1-19-16(18)10-8-6-5-7-9-13-11-14(12-15(13)17)20-21(2,3)4/h8,10-11,14H,5-7,9,12H2,1-4H3/b10-8+. The van der Waals surface area contributed by atoms with Crippen molar-refractivity contribution in [2.24, 2.45) is 0 Å². The van der Waals surface area contributed by atoms with Gasteiger partial charge in [0.15, 0.2) is 14.1 Å². The average molecular weight is 310 g/mol. The van der Waals surface area contributed by atoms with E-state index in [1.54, 1.807) is 0 Å². The van der Waals surface area contributed by atoms with E-state index in [4.69, 9.17) is 4.43 Å². The molecule has 0 spiro atoms. The zero-order chi connectivity index (χ0) is 15.9. The third kappa shape index (κ3) is 7.39. The minimum absolute atomic E-state index is 0.0154. The number of ketones is 1. The first-order valence-corrected chi connectivity index (χ1v) is 10.9. The van der Waals surface area contributed by atoms with Crippen molar-refractivity contribution < 1.29 is 18.8 Å². The molecule has 1 atom stereocenters. The molecular weight excluding hydrogens is 284 g/mol. The van der Waals surface area contributed by atoms with Gasteiger partial charge >= 0.3 is 5.97 Å². The van der Waals surface area contributed by atoms with Gasteiger partial charge in [0.1, 0.15) is 0 Å². The fourth-order valence-electron chi connectivity index (χ4n) is 2.27. The van der Waals surface area contributed by atoms with Crippen molar-refractivity contribution in [1.29, 1.82) is 0 Å². The van der Waals surface area contributed by atoms with E-state index in [1.807, 2.05) is 12.2 Å². The van der Waals surface area contributed by atoms with Crippen molar-refractivity contribution in [3.8, 4) is 0 Å². The van der Waals surface area contributed by atoms with E-state index in [0.29, 0.717) is 6.42 Å². The Morgan fingerprint density at radius 3 is 2.71 bits per heavy atom. The first kappa shape index (κ1) is 17.8. The summed E-state index contributed by atoms with van der Waals surface area (Å²) in [5.41, 5.74) is 0.912. The van der Waals surface area contributed by atoms with Crippen molar-refractivity contribution >= 4 is 20.1 Å². The zero-order valence-corrected chi connectivity index (χ0v) is 14.5. The highest BCUT2D eigenvalue weighted by Gasteiger charge is 2.28. The van der Waals surface area contributed by atoms with Crippen molar-refractivity contribution in [2.75, 3.05) is 7.11 Å². The highest BCUT2D eigenvalue weighted by atomic mass is 28.4. The minimum Gasteiger partial charge on any atom is -0.466 e. The number of allylic oxidation sites excluding steroid dienone is 2. The Labute approximate surface area is 128 Å². The van der Waals surface area contributed by atoms with Gasteiger partial charge in [0.25, 0.3) is 0 Å². The smallest absolute Gasteiger partial charge is 0.330 e. The van der Waals surface area contributed by atoms with E-state index in [9.17, 15) is 9.59 Å². The second-order valence-electron chi connectivity index (χ2n) is 6.26. The number of esters is 1. The SMILES string of the molecule is COC(=O)/C=C/CCCCC1=CC(O[Si](C)(C)C)CC1=O. The largest absolute Gasteiger partial charge is 0.466 e. The van der Waals surface area contributed by atoms with Crippen molar-refractivity contribution in [3.63, 3.8) is 0 Å². The Hall–Kier alpha value is -1.20. The van der Waals surface area contributed by atoms with Gasteiger partial charge in [0.2, 0.25) is 0 Å². The van der Waals surface area contributed by atoms with Gasteiger partial charge in [-0.05, 0) is 57.0 Å². The number of ether oxygens (including phenoxy) is 1. The van der Waals surface area contributed by atoms with E-state index in [0.717, 1.165) is 31.3 Å². The van der Waals surface area contributed by atoms with Gasteiger partial charge in [-0.3, -0.25) is 4.79 Å². The second kappa shape index (κ2) is 8.29. The van der Waals surface area contributed by atoms with Crippen LogP contribution in [0.15, 0.2) is 23.8 Å². The van der Waals surface area contributed by atoms with Gasteiger partial charge in [0, 0.05) is 12.5 Å². The number of rotatable bonds is 8. The van der Waals surface area contributed by atoms with Gasteiger partial charge in [-0.25, -0.2) is 4.79 Å². The summed E-state index contributed by atoms with van der Waals surface area (Å²) >= 11 is 0. The molecule has 0 bridgehead atoms. The van der Waals surface area contributed by atoms with Crippen LogP contribution in [0.25, 0.3) is 0 Å². The lowest BCUT2D eigenvalue weighted by Gasteiger charge is -2.21. The van der Waals surface area contributed by atoms with Crippen LogP contribution in [0.5, 0.6) is 0 Å². The molecule has 1 rings (SSSR count). The number of hydrogen-bond donors (Lipinski definition) is 0. The third-order valence-corrected chi connectivity index (χ3v) is 4.17. The van der Waals surface area contributed by atoms with Crippen LogP contribution < -0.4 is 0 Å². The third-order valence-electron chi connectivity index (χ3n) is 3.16. The van der Waals surface area contributed by atoms with Gasteiger partial charge in [-0.2, -0.15) is 0 Å². The lowest BCUT2D eigenvalue weighted by Crippen LogP contribution is -2.30. The molecule has 118 valence electrons. The summed E-state index contributed by atoms with van der Waals surface area (Å²) in [5, 5.41) is 0. The van der Waals surface area contributed by atoms with Crippen LogP contribution in [0, 0.1) is 0 Å². The van der Waals surface area contributed by atoms with E-state index < -0.39 is 8.32 Å². The molecule has 0 amide bonds. The van der Waals surface area contributed by atoms with E-state index in [1.165, 1.54) is 13.2 Å². The molecule has 0 aliphatic heterocycles. The van der Waals surface area contributed by atoms with Crippen LogP contribution in [0.3, 0.4) is 0 Å². The molecule has 21 heavy (non-hydrogen) atoms. The lowest BCUT2D eigenvalue weighted by molar-refractivity contribution is -0.134. The van der Waals surface area contributed by atoms with Crippen molar-refractivity contribution in [1.82, 2.24) is 0 Å². The molecule has 1 aliphatic rings. The molecule has 0 heterocycles. The maximum atomic E-state index is 11.9. The fraction of sp³-hybridized carbons (Fsp3) is 0.625. The van der Waals surface area contributed by atoms with Crippen LogP contribution in [0.4, 0.5) is 0 Å². The monoisotopic (exact) mass is 310 g/mol. The number of carbonyl (C=O) groups excluding carboxylic acids is 2. The number of Topliss-reactive ketones (excluding diaryl/α,β-unsaturated/α-hetero) is 1. The van der Waals surface area contributed by atoms with Crippen LogP contribution in [-0.4, -0.2) is 33.3 Å². The topological polar surface area (TPSA) is 52.6 Å². The molecule has 0 saturated carbocycles. The first-order valence-electron chi connectivity index (χ1n) is 7.48. The summed E-state index contributed by atoms with van der Waals surface area (Å²) in [5.74, 6) is -0.0987. The van der Waals surface area contributed by atoms with Crippen molar-refractivity contribution in [3.05, 3.63) is 23.8 Å². The number of methoxy groups -OCH3 is 1. The zero-order valence-electron chi connectivity index (χ0n) is 13.5. The van der Waals surface area contributed by atoms with E-state index >= 15 is 0 Å². The molecule has 1 aliphatic carbocycles. The first-order chi connectivity index (χ1) is 9.81. The molecule has 5 heteroatoms. The number of hydrogen-bond acceptors (Lipinski definition) is 4. The predicted molar refractivity (Wildman–Crippen MR) is 85.6 cm³/mol. The van der Waals surface area contributed by atoms with Gasteiger partial charge in [-0.15, -0.1) is 0 Å². The molecule has 4 nitrogen and oxygen atoms in total. The molecule has 0 saturated heterocycles. The van der Waals surface area contributed by atoms with Gasteiger partial charge in [0.05, 0.1) is 13.2 Å². The number of unbranched alkanes of at least 4 members (excludes halogenated alkanes) is 2. The molecule has 1 unspecified atom stereocenters. The minimum atomic E-state index is -1.59. The molecule has 0 aromatic heterocycles. The summed E-state index contributed by atoms with van der Waals surface area (Å²) in [6.07, 6.45) is 9.28. The Balaban J connectivity index is 2.28. The quantitative estimate of drug-likeness (QED) is 0.298. The average Bonchev–Trinajstić information content (AvgIpc) is 2.71. The molecule has 0 N–H and O–H groups in total. The lowest BCUT2D eigenvalue weighted by atomic mass is 10.1. The molecular formula is C16H26O4Si. The normalized spacial score (nSPS) is 19.1. The highest BCUT2D eigenvalue weighted by molar-refractivity contribution is 6.69. The summed E-state index contributed by atoms with van der Waals surface area (Å²) in [6, 6.07) is 0. The van der Waals surface area contributed by atoms with Crippen LogP contribution in [0.2, 0.25) is 19.6 Å². The summed E-state index contributed by atoms with van der Waals surface area (Å²) < 4.78 is 10.5. The Morgan fingerprint density at radius 1 is 1.38 bits per heavy atom. The molecule has 0 fully saturated rings. The van der Waals surface area contributed by atoms with Gasteiger partial charge in [-0.1, -0.05) is 6.08 Å². The van der Waals surface area contributed by atoms with Crippen LogP contribution in [0.1, 0.15) is 32.1 Å². The molecule has 0 radical (unpaired) electrons. The maximum absolute atomic E-state index is 11.9. The summed E-state index contributed by atoms with van der Waals surface area (Å²) in [7, 11) is -0.230. The predicted octanol–water partition coefficient (Wildman–Crippen LogP) is 3.40. The fourth-order valence-corrected chi connectivity index (χ4v) is 3.33. The Morgan fingerprint density at radius 2 is 2.10 bits per heavy atom. The van der Waals surface area contributed by atoms with Gasteiger partial charge < -0.3 is 9.16 Å². The summed E-state index contributed by atoms with van der Waals surface area (Å²) in [6.45, 7) is 6.41. The van der Waals surface area contributed by atoms with Crippen LogP contribution in [-0.2, 0) is 18.8 Å². The maximum Gasteiger partial charge on any atom is 0.330 e. The van der Waals surface area contributed by atoms with Crippen LogP contribution >= 0.6 is 0 Å². The van der Waals surface area contributed by atoms with E-state index in [-0.39, 0.29) is 17.9 Å². The Bertz CT molecular complexity index is 432. The second-order valence-corrected chi connectivity index (χ2v) is 10.7. The highest BCUT2D eigenvalue weighted by Crippen LogP contribution is 2.24. The molecule has 0 aromatic rings.